The number of hydrogen-bond acceptors (Lipinski definition) is 4. The van der Waals surface area contributed by atoms with Gasteiger partial charge in [0.15, 0.2) is 5.03 Å². The highest BCUT2D eigenvalue weighted by Gasteiger charge is 2.18. The Morgan fingerprint density at radius 3 is 2.70 bits per heavy atom. The van der Waals surface area contributed by atoms with Gasteiger partial charge in [0.1, 0.15) is 0 Å². The van der Waals surface area contributed by atoms with Crippen LogP contribution in [-0.4, -0.2) is 31.6 Å². The predicted octanol–water partition coefficient (Wildman–Crippen LogP) is 1.22. The Balaban J connectivity index is 2.36. The molecule has 0 aliphatic heterocycles. The summed E-state index contributed by atoms with van der Waals surface area (Å²) in [5, 5.41) is 8.44. The second-order valence-electron chi connectivity index (χ2n) is 3.80. The zero-order chi connectivity index (χ0) is 14.8. The molecule has 0 saturated carbocycles. The van der Waals surface area contributed by atoms with E-state index in [2.05, 4.69) is 20.2 Å². The van der Waals surface area contributed by atoms with E-state index in [1.807, 2.05) is 0 Å². The van der Waals surface area contributed by atoms with E-state index in [1.54, 1.807) is 0 Å². The van der Waals surface area contributed by atoms with Crippen LogP contribution in [0.4, 0.5) is 5.69 Å². The lowest BCUT2D eigenvalue weighted by Gasteiger charge is -2.09. The molecule has 2 rings (SSSR count). The topological polar surface area (TPSA) is 104 Å². The van der Waals surface area contributed by atoms with Crippen LogP contribution in [0, 0.1) is 0 Å². The summed E-state index contributed by atoms with van der Waals surface area (Å²) in [6.07, 6.45) is 1.32. The lowest BCUT2D eigenvalue weighted by atomic mass is 10.2. The molecule has 1 heterocycles. The highest BCUT2D eigenvalue weighted by Crippen LogP contribution is 2.25. The largest absolute Gasteiger partial charge is 0.355 e. The molecule has 0 unspecified atom stereocenters. The molecule has 7 nitrogen and oxygen atoms in total. The van der Waals surface area contributed by atoms with Crippen molar-refractivity contribution in [2.45, 2.75) is 5.03 Å². The monoisotopic (exact) mass is 314 g/mol. The molecule has 2 aromatic rings. The molecule has 0 bridgehead atoms. The zero-order valence-electron chi connectivity index (χ0n) is 10.3. The van der Waals surface area contributed by atoms with Crippen molar-refractivity contribution >= 4 is 33.2 Å². The molecule has 9 heteroatoms. The number of anilines is 1. The van der Waals surface area contributed by atoms with Gasteiger partial charge in [-0.05, 0) is 24.3 Å². The molecule has 1 aromatic carbocycles. The summed E-state index contributed by atoms with van der Waals surface area (Å²) < 4.78 is 26.3. The fourth-order valence-corrected chi connectivity index (χ4v) is 2.68. The molecule has 20 heavy (non-hydrogen) atoms. The average molecular weight is 315 g/mol. The van der Waals surface area contributed by atoms with Gasteiger partial charge in [0.25, 0.3) is 15.9 Å². The summed E-state index contributed by atoms with van der Waals surface area (Å²) in [4.78, 5) is 11.5. The molecular formula is C11H11ClN4O3S. The predicted molar refractivity (Wildman–Crippen MR) is 74.2 cm³/mol. The third kappa shape index (κ3) is 2.91. The van der Waals surface area contributed by atoms with Gasteiger partial charge in [-0.2, -0.15) is 13.5 Å². The number of aromatic amines is 1. The SMILES string of the molecule is CNC(=O)c1ccc(Cl)c(NS(=O)(=O)c2ccn[nH]2)c1. The van der Waals surface area contributed by atoms with E-state index in [1.165, 1.54) is 37.5 Å². The van der Waals surface area contributed by atoms with E-state index in [4.69, 9.17) is 11.6 Å². The molecule has 0 radical (unpaired) electrons. The standard InChI is InChI=1S/C11H11ClN4O3S/c1-13-11(17)7-2-3-8(12)9(6-7)16-20(18,19)10-4-5-14-15-10/h2-6,16H,1H3,(H,13,17)(H,14,15). The smallest absolute Gasteiger partial charge is 0.278 e. The molecule has 0 saturated heterocycles. The van der Waals surface area contributed by atoms with Crippen LogP contribution in [-0.2, 0) is 10.0 Å². The number of carbonyl (C=O) groups is 1. The number of H-pyrrole nitrogens is 1. The molecule has 106 valence electrons. The fourth-order valence-electron chi connectivity index (χ4n) is 1.48. The van der Waals surface area contributed by atoms with Crippen molar-refractivity contribution in [3.05, 3.63) is 41.0 Å². The number of aromatic nitrogens is 2. The maximum Gasteiger partial charge on any atom is 0.278 e. The van der Waals surface area contributed by atoms with Gasteiger partial charge in [-0.1, -0.05) is 11.6 Å². The van der Waals surface area contributed by atoms with Crippen LogP contribution in [0.25, 0.3) is 0 Å². The maximum atomic E-state index is 12.0. The zero-order valence-corrected chi connectivity index (χ0v) is 11.9. The van der Waals surface area contributed by atoms with E-state index in [-0.39, 0.29) is 21.6 Å². The van der Waals surface area contributed by atoms with Crippen molar-refractivity contribution < 1.29 is 13.2 Å². The molecule has 0 fully saturated rings. The van der Waals surface area contributed by atoms with Crippen molar-refractivity contribution in [1.82, 2.24) is 15.5 Å². The molecule has 1 aromatic heterocycles. The Kier molecular flexibility index (Phi) is 3.96. The van der Waals surface area contributed by atoms with Gasteiger partial charge in [-0.25, -0.2) is 0 Å². The average Bonchev–Trinajstić information content (AvgIpc) is 2.95. The minimum Gasteiger partial charge on any atom is -0.355 e. The Morgan fingerprint density at radius 1 is 1.35 bits per heavy atom. The number of benzene rings is 1. The van der Waals surface area contributed by atoms with Crippen LogP contribution >= 0.6 is 11.6 Å². The van der Waals surface area contributed by atoms with E-state index in [0.717, 1.165) is 0 Å². The third-order valence-corrected chi connectivity index (χ3v) is 4.09. The number of nitrogens with zero attached hydrogens (tertiary/aromatic N) is 1. The Labute approximate surface area is 120 Å². The summed E-state index contributed by atoms with van der Waals surface area (Å²) in [6.45, 7) is 0. The van der Waals surface area contributed by atoms with Crippen molar-refractivity contribution in [1.29, 1.82) is 0 Å². The van der Waals surface area contributed by atoms with Crippen molar-refractivity contribution in [3.63, 3.8) is 0 Å². The molecule has 0 spiro atoms. The molecule has 1 amide bonds. The van der Waals surface area contributed by atoms with E-state index < -0.39 is 10.0 Å². The second-order valence-corrected chi connectivity index (χ2v) is 5.86. The summed E-state index contributed by atoms with van der Waals surface area (Å²) in [7, 11) is -2.35. The van der Waals surface area contributed by atoms with E-state index in [9.17, 15) is 13.2 Å². The fraction of sp³-hybridized carbons (Fsp3) is 0.0909. The van der Waals surface area contributed by atoms with Gasteiger partial charge in [0, 0.05) is 12.6 Å². The highest BCUT2D eigenvalue weighted by molar-refractivity contribution is 7.92. The first kappa shape index (κ1) is 14.4. The number of rotatable bonds is 4. The van der Waals surface area contributed by atoms with Gasteiger partial charge >= 0.3 is 0 Å². The quantitative estimate of drug-likeness (QED) is 0.789. The lowest BCUT2D eigenvalue weighted by molar-refractivity contribution is 0.0963. The minimum absolute atomic E-state index is 0.0982. The molecule has 0 atom stereocenters. The molecule has 0 aliphatic rings. The number of sulfonamides is 1. The minimum atomic E-state index is -3.83. The van der Waals surface area contributed by atoms with E-state index in [0.29, 0.717) is 5.56 Å². The second kappa shape index (κ2) is 5.51. The highest BCUT2D eigenvalue weighted by atomic mass is 35.5. The normalized spacial score (nSPS) is 11.1. The summed E-state index contributed by atoms with van der Waals surface area (Å²) >= 11 is 5.93. The number of nitrogens with one attached hydrogen (secondary N) is 3. The van der Waals surface area contributed by atoms with Gasteiger partial charge in [-0.3, -0.25) is 14.6 Å². The van der Waals surface area contributed by atoms with Crippen LogP contribution in [0.2, 0.25) is 5.02 Å². The van der Waals surface area contributed by atoms with Crippen LogP contribution in [0.3, 0.4) is 0 Å². The third-order valence-electron chi connectivity index (χ3n) is 2.46. The molecule has 3 N–H and O–H groups in total. The van der Waals surface area contributed by atoms with Gasteiger partial charge < -0.3 is 5.32 Å². The number of halogens is 1. The van der Waals surface area contributed by atoms with Crippen molar-refractivity contribution in [2.24, 2.45) is 0 Å². The van der Waals surface area contributed by atoms with Gasteiger partial charge in [0.05, 0.1) is 16.9 Å². The van der Waals surface area contributed by atoms with E-state index >= 15 is 0 Å². The maximum absolute atomic E-state index is 12.0. The number of amides is 1. The van der Waals surface area contributed by atoms with Gasteiger partial charge in [0.2, 0.25) is 0 Å². The van der Waals surface area contributed by atoms with Crippen molar-refractivity contribution in [3.8, 4) is 0 Å². The molecule has 0 aliphatic carbocycles. The summed E-state index contributed by atoms with van der Waals surface area (Å²) in [5.74, 6) is -0.344. The Hall–Kier alpha value is -2.06. The Morgan fingerprint density at radius 2 is 2.10 bits per heavy atom. The van der Waals surface area contributed by atoms with Crippen LogP contribution < -0.4 is 10.0 Å². The first-order valence-corrected chi connectivity index (χ1v) is 7.34. The number of hydrogen-bond donors (Lipinski definition) is 3. The van der Waals surface area contributed by atoms with Crippen LogP contribution in [0.15, 0.2) is 35.5 Å². The van der Waals surface area contributed by atoms with Crippen LogP contribution in [0.5, 0.6) is 0 Å². The Bertz CT molecular complexity index is 728. The first-order valence-electron chi connectivity index (χ1n) is 5.48. The summed E-state index contributed by atoms with van der Waals surface area (Å²) in [6, 6.07) is 5.60. The lowest BCUT2D eigenvalue weighted by Crippen LogP contribution is -2.19. The number of carbonyl (C=O) groups excluding carboxylic acids is 1. The first-order chi connectivity index (χ1) is 9.44. The summed E-state index contributed by atoms with van der Waals surface area (Å²) in [5.41, 5.74) is 0.404. The molecular weight excluding hydrogens is 304 g/mol. The van der Waals surface area contributed by atoms with Crippen LogP contribution in [0.1, 0.15) is 10.4 Å². The van der Waals surface area contributed by atoms with Gasteiger partial charge in [-0.15, -0.1) is 0 Å². The van der Waals surface area contributed by atoms with Crippen molar-refractivity contribution in [2.75, 3.05) is 11.8 Å².